The van der Waals surface area contributed by atoms with Crippen LogP contribution in [0.3, 0.4) is 0 Å². The molecular formula is C13H18N2O3. The minimum absolute atomic E-state index is 0.362. The van der Waals surface area contributed by atoms with Crippen molar-refractivity contribution >= 4 is 11.9 Å². The highest BCUT2D eigenvalue weighted by molar-refractivity contribution is 5.96. The largest absolute Gasteiger partial charge is 0.480 e. The van der Waals surface area contributed by atoms with Gasteiger partial charge in [-0.15, -0.1) is 0 Å². The Hall–Kier alpha value is -1.88. The number of nitrogens with two attached hydrogens (primary N) is 1. The fourth-order valence-corrected chi connectivity index (χ4v) is 1.65. The minimum atomic E-state index is -1.07. The molecule has 0 aliphatic carbocycles. The van der Waals surface area contributed by atoms with Gasteiger partial charge < -0.3 is 5.11 Å². The van der Waals surface area contributed by atoms with Crippen molar-refractivity contribution in [2.75, 3.05) is 0 Å². The molecule has 5 heteroatoms. The van der Waals surface area contributed by atoms with Crippen LogP contribution in [0.4, 0.5) is 0 Å². The van der Waals surface area contributed by atoms with Crippen LogP contribution in [-0.4, -0.2) is 28.0 Å². The third-order valence-electron chi connectivity index (χ3n) is 2.71. The number of rotatable bonds is 6. The number of benzene rings is 1. The molecule has 3 N–H and O–H groups in total. The molecule has 0 bridgehead atoms. The first kappa shape index (κ1) is 14.2. The number of carboxylic acid groups (broad SMARTS) is 1. The molecule has 0 aromatic heterocycles. The monoisotopic (exact) mass is 250 g/mol. The Labute approximate surface area is 106 Å². The van der Waals surface area contributed by atoms with Gasteiger partial charge in [-0.25, -0.2) is 10.6 Å². The smallest absolute Gasteiger partial charge is 0.328 e. The number of aliphatic carboxylic acids is 1. The summed E-state index contributed by atoms with van der Waals surface area (Å²) in [6, 6.07) is 7.45. The van der Waals surface area contributed by atoms with Crippen LogP contribution >= 0.6 is 0 Å². The molecule has 0 radical (unpaired) electrons. The fourth-order valence-electron chi connectivity index (χ4n) is 1.65. The molecule has 1 amide bonds. The van der Waals surface area contributed by atoms with Crippen molar-refractivity contribution in [2.24, 2.45) is 5.84 Å². The summed E-state index contributed by atoms with van der Waals surface area (Å²) in [5.74, 6) is 4.09. The van der Waals surface area contributed by atoms with Crippen molar-refractivity contribution in [1.29, 1.82) is 0 Å². The second-order valence-corrected chi connectivity index (χ2v) is 4.07. The number of nitrogens with zero attached hydrogens (tertiary/aromatic N) is 1. The van der Waals surface area contributed by atoms with Crippen molar-refractivity contribution < 1.29 is 14.7 Å². The Morgan fingerprint density at radius 2 is 1.94 bits per heavy atom. The second-order valence-electron chi connectivity index (χ2n) is 4.07. The number of amides is 1. The second kappa shape index (κ2) is 6.76. The first-order valence-corrected chi connectivity index (χ1v) is 5.94. The maximum atomic E-state index is 12.0. The van der Waals surface area contributed by atoms with E-state index in [0.29, 0.717) is 18.4 Å². The van der Waals surface area contributed by atoms with Crippen molar-refractivity contribution in [1.82, 2.24) is 5.01 Å². The summed E-state index contributed by atoms with van der Waals surface area (Å²) in [5, 5.41) is 9.91. The molecule has 0 saturated heterocycles. The fraction of sp³-hybridized carbons (Fsp3) is 0.385. The average molecular weight is 250 g/mol. The summed E-state index contributed by atoms with van der Waals surface area (Å²) in [6.45, 7) is 1.96. The normalized spacial score (nSPS) is 11.9. The van der Waals surface area contributed by atoms with Gasteiger partial charge in [0.15, 0.2) is 0 Å². The number of hydrogen-bond donors (Lipinski definition) is 2. The van der Waals surface area contributed by atoms with E-state index in [4.69, 9.17) is 10.9 Å². The molecule has 0 spiro atoms. The number of carbonyl (C=O) groups excluding carboxylic acids is 1. The van der Waals surface area contributed by atoms with Gasteiger partial charge in [0.05, 0.1) is 0 Å². The zero-order chi connectivity index (χ0) is 13.5. The van der Waals surface area contributed by atoms with Gasteiger partial charge in [-0.2, -0.15) is 0 Å². The molecule has 1 rings (SSSR count). The summed E-state index contributed by atoms with van der Waals surface area (Å²) < 4.78 is 0. The zero-order valence-electron chi connectivity index (χ0n) is 10.4. The summed E-state index contributed by atoms with van der Waals surface area (Å²) in [5.41, 5.74) is 0.391. The van der Waals surface area contributed by atoms with Gasteiger partial charge in [0.1, 0.15) is 6.04 Å². The third-order valence-corrected chi connectivity index (χ3v) is 2.71. The molecule has 0 aliphatic heterocycles. The molecule has 0 saturated carbocycles. The Morgan fingerprint density at radius 1 is 1.33 bits per heavy atom. The molecule has 1 unspecified atom stereocenters. The van der Waals surface area contributed by atoms with E-state index in [1.807, 2.05) is 6.92 Å². The van der Waals surface area contributed by atoms with E-state index in [9.17, 15) is 9.59 Å². The molecule has 1 atom stereocenters. The van der Waals surface area contributed by atoms with Crippen LogP contribution in [0.5, 0.6) is 0 Å². The van der Waals surface area contributed by atoms with Crippen LogP contribution in [0, 0.1) is 0 Å². The number of hydrazine groups is 1. The Balaban J connectivity index is 2.80. The van der Waals surface area contributed by atoms with Crippen molar-refractivity contribution in [3.05, 3.63) is 35.9 Å². The predicted molar refractivity (Wildman–Crippen MR) is 67.7 cm³/mol. The lowest BCUT2D eigenvalue weighted by atomic mass is 10.1. The van der Waals surface area contributed by atoms with Crippen LogP contribution in [0.1, 0.15) is 36.5 Å². The molecule has 1 aromatic carbocycles. The molecule has 5 nitrogen and oxygen atoms in total. The number of carbonyl (C=O) groups is 2. The van der Waals surface area contributed by atoms with Crippen molar-refractivity contribution in [3.63, 3.8) is 0 Å². The lowest BCUT2D eigenvalue weighted by Crippen LogP contribution is -2.49. The number of carboxylic acids is 1. The SMILES string of the molecule is CCCCC(C(=O)O)N(N)C(=O)c1ccccc1. The van der Waals surface area contributed by atoms with Crippen LogP contribution in [0.2, 0.25) is 0 Å². The van der Waals surface area contributed by atoms with E-state index in [-0.39, 0.29) is 0 Å². The molecule has 0 aliphatic rings. The highest BCUT2D eigenvalue weighted by Crippen LogP contribution is 2.10. The van der Waals surface area contributed by atoms with Crippen LogP contribution in [0.25, 0.3) is 0 Å². The Bertz CT molecular complexity index is 406. The summed E-state index contributed by atoms with van der Waals surface area (Å²) in [4.78, 5) is 23.1. The zero-order valence-corrected chi connectivity index (χ0v) is 10.4. The van der Waals surface area contributed by atoms with E-state index >= 15 is 0 Å². The molecule has 98 valence electrons. The third kappa shape index (κ3) is 3.56. The van der Waals surface area contributed by atoms with E-state index in [0.717, 1.165) is 11.4 Å². The van der Waals surface area contributed by atoms with E-state index in [1.54, 1.807) is 30.3 Å². The Kier molecular flexibility index (Phi) is 5.32. The summed E-state index contributed by atoms with van der Waals surface area (Å²) in [6.07, 6.45) is 1.94. The number of hydrogen-bond acceptors (Lipinski definition) is 3. The van der Waals surface area contributed by atoms with Gasteiger partial charge in [-0.1, -0.05) is 38.0 Å². The van der Waals surface area contributed by atoms with Crippen molar-refractivity contribution in [2.45, 2.75) is 32.2 Å². The Morgan fingerprint density at radius 3 is 2.44 bits per heavy atom. The average Bonchev–Trinajstić information content (AvgIpc) is 2.38. The predicted octanol–water partition coefficient (Wildman–Crippen LogP) is 1.65. The highest BCUT2D eigenvalue weighted by Gasteiger charge is 2.27. The van der Waals surface area contributed by atoms with Gasteiger partial charge in [0, 0.05) is 5.56 Å². The molecular weight excluding hydrogens is 232 g/mol. The summed E-state index contributed by atoms with van der Waals surface area (Å²) >= 11 is 0. The standard InChI is InChI=1S/C13H18N2O3/c1-2-3-9-11(13(17)18)15(14)12(16)10-7-5-4-6-8-10/h4-8,11H,2-3,9,14H2,1H3,(H,17,18). The minimum Gasteiger partial charge on any atom is -0.480 e. The van der Waals surface area contributed by atoms with Gasteiger partial charge in [0.25, 0.3) is 5.91 Å². The summed E-state index contributed by atoms with van der Waals surface area (Å²) in [7, 11) is 0. The first-order chi connectivity index (χ1) is 8.57. The van der Waals surface area contributed by atoms with Gasteiger partial charge in [-0.05, 0) is 18.6 Å². The maximum Gasteiger partial charge on any atom is 0.328 e. The topological polar surface area (TPSA) is 83.6 Å². The van der Waals surface area contributed by atoms with Crippen LogP contribution < -0.4 is 5.84 Å². The van der Waals surface area contributed by atoms with Crippen LogP contribution in [-0.2, 0) is 4.79 Å². The molecule has 0 heterocycles. The lowest BCUT2D eigenvalue weighted by molar-refractivity contribution is -0.142. The first-order valence-electron chi connectivity index (χ1n) is 5.94. The van der Waals surface area contributed by atoms with Gasteiger partial charge in [-0.3, -0.25) is 9.80 Å². The van der Waals surface area contributed by atoms with Gasteiger partial charge >= 0.3 is 5.97 Å². The van der Waals surface area contributed by atoms with Crippen molar-refractivity contribution in [3.8, 4) is 0 Å². The molecule has 18 heavy (non-hydrogen) atoms. The van der Waals surface area contributed by atoms with Crippen LogP contribution in [0.15, 0.2) is 30.3 Å². The highest BCUT2D eigenvalue weighted by atomic mass is 16.4. The lowest BCUT2D eigenvalue weighted by Gasteiger charge is -2.24. The van der Waals surface area contributed by atoms with Gasteiger partial charge in [0.2, 0.25) is 0 Å². The molecule has 0 fully saturated rings. The number of unbranched alkanes of at least 4 members (excludes halogenated alkanes) is 1. The molecule has 1 aromatic rings. The van der Waals surface area contributed by atoms with E-state index in [2.05, 4.69) is 0 Å². The van der Waals surface area contributed by atoms with E-state index < -0.39 is 17.9 Å². The quantitative estimate of drug-likeness (QED) is 0.457. The maximum absolute atomic E-state index is 12.0. The van der Waals surface area contributed by atoms with E-state index in [1.165, 1.54) is 0 Å².